The molecule has 2 atom stereocenters. The molecule has 41 heavy (non-hydrogen) atoms. The number of hydrogen-bond acceptors (Lipinski definition) is 5. The Labute approximate surface area is 244 Å². The van der Waals surface area contributed by atoms with Gasteiger partial charge in [0.25, 0.3) is 0 Å². The van der Waals surface area contributed by atoms with E-state index in [4.69, 9.17) is 4.74 Å². The molecule has 0 heterocycles. The van der Waals surface area contributed by atoms with Gasteiger partial charge in [0.1, 0.15) is 24.9 Å². The fraction of sp³-hybridized carbons (Fsp3) is 0.375. The number of ether oxygens (including phenoxy) is 1. The number of rotatable bonds is 14. The molecule has 0 saturated carbocycles. The van der Waals surface area contributed by atoms with Crippen LogP contribution in [0, 0.1) is 6.92 Å². The number of nitrogens with zero attached hydrogens (tertiary/aromatic N) is 2. The Morgan fingerprint density at radius 1 is 0.902 bits per heavy atom. The lowest BCUT2D eigenvalue weighted by molar-refractivity contribution is -0.140. The SMILES string of the molecule is CC[C@@H](C)NC(=O)[C@@H](CC)N(Cc1cccc(C)c1)C(=O)CN(c1ccc(OCc2ccccc2)cc1)S(C)(=O)=O. The van der Waals surface area contributed by atoms with Gasteiger partial charge in [-0.15, -0.1) is 0 Å². The van der Waals surface area contributed by atoms with Crippen molar-refractivity contribution < 1.29 is 22.7 Å². The summed E-state index contributed by atoms with van der Waals surface area (Å²) >= 11 is 0. The van der Waals surface area contributed by atoms with Crippen LogP contribution in [0.5, 0.6) is 5.75 Å². The van der Waals surface area contributed by atoms with Crippen LogP contribution < -0.4 is 14.4 Å². The second kappa shape index (κ2) is 14.7. The number of sulfonamides is 1. The molecule has 0 bridgehead atoms. The third kappa shape index (κ3) is 9.35. The van der Waals surface area contributed by atoms with Crippen LogP contribution in [-0.2, 0) is 32.8 Å². The van der Waals surface area contributed by atoms with E-state index in [0.717, 1.165) is 33.7 Å². The number of carbonyl (C=O) groups excluding carboxylic acids is 2. The van der Waals surface area contributed by atoms with Crippen LogP contribution in [0.4, 0.5) is 5.69 Å². The van der Waals surface area contributed by atoms with Crippen LogP contribution in [0.2, 0.25) is 0 Å². The molecule has 0 aliphatic rings. The zero-order chi connectivity index (χ0) is 30.0. The van der Waals surface area contributed by atoms with E-state index >= 15 is 0 Å². The van der Waals surface area contributed by atoms with Gasteiger partial charge in [0.2, 0.25) is 21.8 Å². The molecule has 0 unspecified atom stereocenters. The molecule has 3 aromatic rings. The summed E-state index contributed by atoms with van der Waals surface area (Å²) in [6.07, 6.45) is 2.20. The van der Waals surface area contributed by atoms with E-state index in [0.29, 0.717) is 24.5 Å². The Kier molecular flexibility index (Phi) is 11.3. The molecule has 3 rings (SSSR count). The van der Waals surface area contributed by atoms with Crippen LogP contribution >= 0.6 is 0 Å². The van der Waals surface area contributed by atoms with Gasteiger partial charge in [0.15, 0.2) is 0 Å². The Morgan fingerprint density at radius 3 is 2.15 bits per heavy atom. The molecular formula is C32H41N3O5S. The molecule has 9 heteroatoms. The smallest absolute Gasteiger partial charge is 0.244 e. The zero-order valence-electron chi connectivity index (χ0n) is 24.5. The molecule has 0 aromatic heterocycles. The number of carbonyl (C=O) groups is 2. The van der Waals surface area contributed by atoms with E-state index in [2.05, 4.69) is 5.32 Å². The van der Waals surface area contributed by atoms with Crippen molar-refractivity contribution >= 4 is 27.5 Å². The van der Waals surface area contributed by atoms with Crippen molar-refractivity contribution in [3.8, 4) is 5.75 Å². The van der Waals surface area contributed by atoms with Crippen LogP contribution in [0.15, 0.2) is 78.9 Å². The van der Waals surface area contributed by atoms with Crippen molar-refractivity contribution in [3.05, 3.63) is 95.6 Å². The summed E-state index contributed by atoms with van der Waals surface area (Å²) in [5.74, 6) is -0.146. The minimum absolute atomic E-state index is 0.0531. The lowest BCUT2D eigenvalue weighted by Gasteiger charge is -2.33. The summed E-state index contributed by atoms with van der Waals surface area (Å²) < 4.78 is 32.7. The van der Waals surface area contributed by atoms with Crippen LogP contribution in [-0.4, -0.2) is 50.0 Å². The third-order valence-electron chi connectivity index (χ3n) is 6.87. The van der Waals surface area contributed by atoms with E-state index in [9.17, 15) is 18.0 Å². The summed E-state index contributed by atoms with van der Waals surface area (Å²) in [4.78, 5) is 28.6. The van der Waals surface area contributed by atoms with E-state index in [1.165, 1.54) is 4.90 Å². The highest BCUT2D eigenvalue weighted by Gasteiger charge is 2.32. The first-order valence-electron chi connectivity index (χ1n) is 13.9. The molecular weight excluding hydrogens is 538 g/mol. The second-order valence-corrected chi connectivity index (χ2v) is 12.2. The third-order valence-corrected chi connectivity index (χ3v) is 8.02. The lowest BCUT2D eigenvalue weighted by atomic mass is 10.1. The molecule has 0 spiro atoms. The zero-order valence-corrected chi connectivity index (χ0v) is 25.4. The molecule has 1 N–H and O–H groups in total. The van der Waals surface area contributed by atoms with Gasteiger partial charge >= 0.3 is 0 Å². The van der Waals surface area contributed by atoms with Crippen LogP contribution in [0.3, 0.4) is 0 Å². The van der Waals surface area contributed by atoms with Crippen molar-refractivity contribution in [1.82, 2.24) is 10.2 Å². The highest BCUT2D eigenvalue weighted by Crippen LogP contribution is 2.23. The summed E-state index contributed by atoms with van der Waals surface area (Å²) in [7, 11) is -3.83. The average molecular weight is 580 g/mol. The van der Waals surface area contributed by atoms with Crippen molar-refractivity contribution in [1.29, 1.82) is 0 Å². The van der Waals surface area contributed by atoms with Crippen molar-refractivity contribution in [2.75, 3.05) is 17.1 Å². The largest absolute Gasteiger partial charge is 0.489 e. The predicted molar refractivity (Wildman–Crippen MR) is 163 cm³/mol. The first-order valence-corrected chi connectivity index (χ1v) is 15.8. The summed E-state index contributed by atoms with van der Waals surface area (Å²) in [6.45, 7) is 7.80. The minimum Gasteiger partial charge on any atom is -0.489 e. The normalized spacial score (nSPS) is 12.7. The Bertz CT molecular complexity index is 1390. The predicted octanol–water partition coefficient (Wildman–Crippen LogP) is 5.06. The van der Waals surface area contributed by atoms with E-state index in [-0.39, 0.29) is 18.5 Å². The molecule has 0 aliphatic heterocycles. The van der Waals surface area contributed by atoms with Gasteiger partial charge < -0.3 is 15.0 Å². The van der Waals surface area contributed by atoms with Gasteiger partial charge in [-0.1, -0.05) is 74.0 Å². The minimum atomic E-state index is -3.83. The molecule has 8 nitrogen and oxygen atoms in total. The Morgan fingerprint density at radius 2 is 1.56 bits per heavy atom. The van der Waals surface area contributed by atoms with Gasteiger partial charge in [0.05, 0.1) is 11.9 Å². The second-order valence-electron chi connectivity index (χ2n) is 10.3. The Balaban J connectivity index is 1.86. The first kappa shape index (κ1) is 31.7. The number of anilines is 1. The number of amides is 2. The summed E-state index contributed by atoms with van der Waals surface area (Å²) in [6, 6.07) is 23.2. The molecule has 2 amide bonds. The van der Waals surface area contributed by atoms with Gasteiger partial charge in [-0.2, -0.15) is 0 Å². The van der Waals surface area contributed by atoms with Gasteiger partial charge in [0, 0.05) is 12.6 Å². The maximum absolute atomic E-state index is 13.9. The van der Waals surface area contributed by atoms with Crippen molar-refractivity contribution in [3.63, 3.8) is 0 Å². The molecule has 3 aromatic carbocycles. The first-order chi connectivity index (χ1) is 19.5. The molecule has 0 fully saturated rings. The molecule has 220 valence electrons. The number of aryl methyl sites for hydroxylation is 1. The quantitative estimate of drug-likeness (QED) is 0.288. The summed E-state index contributed by atoms with van der Waals surface area (Å²) in [5.41, 5.74) is 3.23. The van der Waals surface area contributed by atoms with E-state index in [1.54, 1.807) is 24.3 Å². The molecule has 0 saturated heterocycles. The number of hydrogen-bond donors (Lipinski definition) is 1. The molecule has 0 radical (unpaired) electrons. The summed E-state index contributed by atoms with van der Waals surface area (Å²) in [5, 5.41) is 2.98. The van der Waals surface area contributed by atoms with Gasteiger partial charge in [-0.3, -0.25) is 13.9 Å². The van der Waals surface area contributed by atoms with E-state index in [1.807, 2.05) is 82.3 Å². The van der Waals surface area contributed by atoms with Crippen molar-refractivity contribution in [2.24, 2.45) is 0 Å². The Hall–Kier alpha value is -3.85. The highest BCUT2D eigenvalue weighted by molar-refractivity contribution is 7.92. The average Bonchev–Trinajstić information content (AvgIpc) is 2.94. The maximum Gasteiger partial charge on any atom is 0.244 e. The maximum atomic E-state index is 13.9. The monoisotopic (exact) mass is 579 g/mol. The van der Waals surface area contributed by atoms with E-state index < -0.39 is 28.5 Å². The number of nitrogens with one attached hydrogen (secondary N) is 1. The molecule has 0 aliphatic carbocycles. The lowest BCUT2D eigenvalue weighted by Crippen LogP contribution is -2.53. The van der Waals surface area contributed by atoms with Crippen molar-refractivity contribution in [2.45, 2.75) is 65.8 Å². The fourth-order valence-corrected chi connectivity index (χ4v) is 5.28. The number of benzene rings is 3. The standard InChI is InChI=1S/C32H41N3O5S/c1-6-25(4)33-32(37)30(7-2)34(21-27-15-11-12-24(3)20-27)31(36)22-35(41(5,38)39)28-16-18-29(19-17-28)40-23-26-13-9-8-10-14-26/h8-20,25,30H,6-7,21-23H2,1-5H3,(H,33,37)/t25-,30-/m1/s1. The highest BCUT2D eigenvalue weighted by atomic mass is 32.2. The van der Waals surface area contributed by atoms with Crippen LogP contribution in [0.25, 0.3) is 0 Å². The fourth-order valence-electron chi connectivity index (χ4n) is 4.43. The van der Waals surface area contributed by atoms with Gasteiger partial charge in [-0.05, 0) is 62.1 Å². The van der Waals surface area contributed by atoms with Gasteiger partial charge in [-0.25, -0.2) is 8.42 Å². The topological polar surface area (TPSA) is 96.0 Å². The van der Waals surface area contributed by atoms with Crippen LogP contribution in [0.1, 0.15) is 50.3 Å².